The Hall–Kier alpha value is -1.06. The highest BCUT2D eigenvalue weighted by molar-refractivity contribution is 6.31. The average Bonchev–Trinajstić information content (AvgIpc) is 2.83. The van der Waals surface area contributed by atoms with Gasteiger partial charge in [0, 0.05) is 5.56 Å². The number of hydrogen-bond donors (Lipinski definition) is 0. The van der Waals surface area contributed by atoms with E-state index in [0.29, 0.717) is 13.0 Å². The van der Waals surface area contributed by atoms with Crippen molar-refractivity contribution in [1.82, 2.24) is 4.90 Å². The molecule has 0 saturated carbocycles. The van der Waals surface area contributed by atoms with Crippen LogP contribution in [0.2, 0.25) is 0 Å². The molecule has 84 valence electrons. The Morgan fingerprint density at radius 2 is 2.06 bits per heavy atom. The van der Waals surface area contributed by atoms with Crippen LogP contribution in [0.5, 0.6) is 0 Å². The van der Waals surface area contributed by atoms with Gasteiger partial charge < -0.3 is 9.64 Å². The topological polar surface area (TPSA) is 29.5 Å². The minimum atomic E-state index is -0.375. The predicted molar refractivity (Wildman–Crippen MR) is 60.0 cm³/mol. The van der Waals surface area contributed by atoms with Crippen LogP contribution in [0.15, 0.2) is 30.3 Å². The van der Waals surface area contributed by atoms with Gasteiger partial charge in [0.1, 0.15) is 5.38 Å². The van der Waals surface area contributed by atoms with Gasteiger partial charge in [0.05, 0.1) is 12.6 Å². The van der Waals surface area contributed by atoms with Crippen LogP contribution in [0.25, 0.3) is 0 Å². The van der Waals surface area contributed by atoms with Crippen LogP contribution in [0.3, 0.4) is 0 Å². The van der Waals surface area contributed by atoms with E-state index in [1.54, 1.807) is 4.90 Å². The smallest absolute Gasteiger partial charge is 0.243 e. The normalized spacial score (nSPS) is 33.2. The molecule has 2 heterocycles. The standard InChI is InChI=1S/C12H12ClNO2/c13-10-6-9-7-16-12(14(9)11(10)15)8-4-2-1-3-5-8/h1-5,9-10,12H,6-7H2/t9-,10?,12+/m0/s1. The number of halogens is 1. The fraction of sp³-hybridized carbons (Fsp3) is 0.417. The molecule has 3 nitrogen and oxygen atoms in total. The second kappa shape index (κ2) is 3.75. The molecule has 16 heavy (non-hydrogen) atoms. The third-order valence-corrected chi connectivity index (χ3v) is 3.54. The number of ether oxygens (including phenoxy) is 1. The lowest BCUT2D eigenvalue weighted by Crippen LogP contribution is -2.32. The zero-order valence-corrected chi connectivity index (χ0v) is 9.43. The Morgan fingerprint density at radius 3 is 2.81 bits per heavy atom. The molecule has 0 spiro atoms. The van der Waals surface area contributed by atoms with Gasteiger partial charge in [-0.3, -0.25) is 4.79 Å². The van der Waals surface area contributed by atoms with E-state index in [0.717, 1.165) is 5.56 Å². The van der Waals surface area contributed by atoms with Crippen molar-refractivity contribution in [2.24, 2.45) is 0 Å². The quantitative estimate of drug-likeness (QED) is 0.699. The molecule has 3 rings (SSSR count). The number of fused-ring (bicyclic) bond motifs is 1. The van der Waals surface area contributed by atoms with E-state index in [1.165, 1.54) is 0 Å². The molecular formula is C12H12ClNO2. The Morgan fingerprint density at radius 1 is 1.31 bits per heavy atom. The first-order chi connectivity index (χ1) is 7.77. The fourth-order valence-electron chi connectivity index (χ4n) is 2.41. The van der Waals surface area contributed by atoms with E-state index in [2.05, 4.69) is 0 Å². The maximum absolute atomic E-state index is 11.9. The number of carbonyl (C=O) groups is 1. The lowest BCUT2D eigenvalue weighted by molar-refractivity contribution is -0.133. The highest BCUT2D eigenvalue weighted by Crippen LogP contribution is 2.38. The minimum Gasteiger partial charge on any atom is -0.352 e. The molecule has 2 aliphatic rings. The van der Waals surface area contributed by atoms with Crippen LogP contribution >= 0.6 is 11.6 Å². The fourth-order valence-corrected chi connectivity index (χ4v) is 2.73. The van der Waals surface area contributed by atoms with Crippen molar-refractivity contribution < 1.29 is 9.53 Å². The van der Waals surface area contributed by atoms with Gasteiger partial charge in [-0.15, -0.1) is 11.6 Å². The lowest BCUT2D eigenvalue weighted by atomic mass is 10.2. The number of benzene rings is 1. The average molecular weight is 238 g/mol. The number of hydrogen-bond acceptors (Lipinski definition) is 2. The summed E-state index contributed by atoms with van der Waals surface area (Å²) in [4.78, 5) is 13.7. The zero-order valence-electron chi connectivity index (χ0n) is 8.67. The predicted octanol–water partition coefficient (Wildman–Crippen LogP) is 1.92. The van der Waals surface area contributed by atoms with E-state index in [-0.39, 0.29) is 23.6 Å². The number of nitrogens with zero attached hydrogens (tertiary/aromatic N) is 1. The second-order valence-electron chi connectivity index (χ2n) is 4.20. The van der Waals surface area contributed by atoms with Gasteiger partial charge in [0.15, 0.2) is 6.23 Å². The highest BCUT2D eigenvalue weighted by Gasteiger charge is 2.47. The first-order valence-electron chi connectivity index (χ1n) is 5.40. The minimum absolute atomic E-state index is 0.00183. The maximum Gasteiger partial charge on any atom is 0.243 e. The Labute approximate surface area is 98.9 Å². The van der Waals surface area contributed by atoms with E-state index in [1.807, 2.05) is 30.3 Å². The summed E-state index contributed by atoms with van der Waals surface area (Å²) in [6, 6.07) is 9.95. The van der Waals surface area contributed by atoms with E-state index < -0.39 is 0 Å². The molecule has 0 aromatic heterocycles. The Balaban J connectivity index is 1.91. The summed E-state index contributed by atoms with van der Waals surface area (Å²) in [6.07, 6.45) is 0.450. The van der Waals surface area contributed by atoms with Crippen molar-refractivity contribution in [3.05, 3.63) is 35.9 Å². The molecule has 3 atom stereocenters. The number of amides is 1. The summed E-state index contributed by atoms with van der Waals surface area (Å²) in [6.45, 7) is 0.592. The monoisotopic (exact) mass is 237 g/mol. The summed E-state index contributed by atoms with van der Waals surface area (Å²) in [5, 5.41) is -0.375. The molecular weight excluding hydrogens is 226 g/mol. The van der Waals surface area contributed by atoms with Crippen LogP contribution in [0, 0.1) is 0 Å². The second-order valence-corrected chi connectivity index (χ2v) is 4.73. The summed E-state index contributed by atoms with van der Waals surface area (Å²) < 4.78 is 5.67. The van der Waals surface area contributed by atoms with Gasteiger partial charge >= 0.3 is 0 Å². The third-order valence-electron chi connectivity index (χ3n) is 3.18. The van der Waals surface area contributed by atoms with Crippen molar-refractivity contribution in [2.75, 3.05) is 6.61 Å². The lowest BCUT2D eigenvalue weighted by Gasteiger charge is -2.22. The van der Waals surface area contributed by atoms with Crippen molar-refractivity contribution >= 4 is 17.5 Å². The summed E-state index contributed by atoms with van der Waals surface area (Å²) in [5.74, 6) is -0.00183. The highest BCUT2D eigenvalue weighted by atomic mass is 35.5. The van der Waals surface area contributed by atoms with Gasteiger partial charge in [-0.2, -0.15) is 0 Å². The molecule has 0 N–H and O–H groups in total. The van der Waals surface area contributed by atoms with Gasteiger partial charge in [-0.05, 0) is 6.42 Å². The van der Waals surface area contributed by atoms with Crippen molar-refractivity contribution in [3.8, 4) is 0 Å². The first-order valence-corrected chi connectivity index (χ1v) is 5.84. The van der Waals surface area contributed by atoms with Crippen LogP contribution in [-0.4, -0.2) is 28.8 Å². The molecule has 2 saturated heterocycles. The summed E-state index contributed by atoms with van der Waals surface area (Å²) in [5.41, 5.74) is 1.02. The Bertz CT molecular complexity index is 409. The molecule has 2 aliphatic heterocycles. The van der Waals surface area contributed by atoms with Crippen LogP contribution in [-0.2, 0) is 9.53 Å². The molecule has 0 aliphatic carbocycles. The summed E-state index contributed by atoms with van der Waals surface area (Å²) in [7, 11) is 0. The maximum atomic E-state index is 11.9. The Kier molecular flexibility index (Phi) is 2.37. The number of alkyl halides is 1. The van der Waals surface area contributed by atoms with Gasteiger partial charge in [-0.25, -0.2) is 0 Å². The number of carbonyl (C=O) groups excluding carboxylic acids is 1. The molecule has 1 aromatic carbocycles. The first kappa shape index (κ1) is 10.1. The third kappa shape index (κ3) is 1.43. The largest absolute Gasteiger partial charge is 0.352 e. The van der Waals surface area contributed by atoms with E-state index >= 15 is 0 Å². The molecule has 1 amide bonds. The van der Waals surface area contributed by atoms with Gasteiger partial charge in [0.2, 0.25) is 5.91 Å². The van der Waals surface area contributed by atoms with Gasteiger partial charge in [0.25, 0.3) is 0 Å². The molecule has 4 heteroatoms. The number of rotatable bonds is 1. The van der Waals surface area contributed by atoms with E-state index in [4.69, 9.17) is 16.3 Å². The summed E-state index contributed by atoms with van der Waals surface area (Å²) >= 11 is 5.97. The zero-order chi connectivity index (χ0) is 11.1. The van der Waals surface area contributed by atoms with Crippen molar-refractivity contribution in [2.45, 2.75) is 24.1 Å². The van der Waals surface area contributed by atoms with Crippen LogP contribution in [0.4, 0.5) is 0 Å². The van der Waals surface area contributed by atoms with E-state index in [9.17, 15) is 4.79 Å². The van der Waals surface area contributed by atoms with Gasteiger partial charge in [-0.1, -0.05) is 30.3 Å². The van der Waals surface area contributed by atoms with Crippen molar-refractivity contribution in [1.29, 1.82) is 0 Å². The molecule has 0 bridgehead atoms. The van der Waals surface area contributed by atoms with Crippen LogP contribution in [0.1, 0.15) is 18.2 Å². The molecule has 0 radical (unpaired) electrons. The van der Waals surface area contributed by atoms with Crippen molar-refractivity contribution in [3.63, 3.8) is 0 Å². The molecule has 2 fully saturated rings. The molecule has 1 unspecified atom stereocenters. The molecule has 1 aromatic rings. The van der Waals surface area contributed by atoms with Crippen LogP contribution < -0.4 is 0 Å². The SMILES string of the molecule is O=C1C(Cl)C[C@H]2CO[C@H](c3ccccc3)N12.